The predicted molar refractivity (Wildman–Crippen MR) is 66.2 cm³/mol. The Kier molecular flexibility index (Phi) is 3.52. The second-order valence-electron chi connectivity index (χ2n) is 4.01. The minimum atomic E-state index is -3.46. The number of rotatable bonds is 5. The molecule has 17 heavy (non-hydrogen) atoms. The quantitative estimate of drug-likeness (QED) is 0.769. The maximum Gasteiger partial charge on any atom is 0.253 e. The van der Waals surface area contributed by atoms with Gasteiger partial charge in [0, 0.05) is 10.9 Å². The van der Waals surface area contributed by atoms with Crippen molar-refractivity contribution in [2.45, 2.75) is 36.4 Å². The summed E-state index contributed by atoms with van der Waals surface area (Å²) in [6, 6.07) is 5.46. The van der Waals surface area contributed by atoms with Gasteiger partial charge in [0.1, 0.15) is 10.8 Å². The standard InChI is InChI=1S/C11H14N2O2S2/c1-2-10-5-6-11(16-10)17(14,15)13(8-7-12)9-3-4-9/h5-6,9H,2-4,8H2,1H3. The number of hydrogen-bond donors (Lipinski definition) is 0. The average molecular weight is 270 g/mol. The van der Waals surface area contributed by atoms with Gasteiger partial charge in [-0.3, -0.25) is 0 Å². The Morgan fingerprint density at radius 1 is 1.53 bits per heavy atom. The number of aryl methyl sites for hydroxylation is 1. The third-order valence-corrected chi connectivity index (χ3v) is 6.32. The molecule has 0 aliphatic heterocycles. The summed E-state index contributed by atoms with van der Waals surface area (Å²) in [5.74, 6) is 0. The lowest BCUT2D eigenvalue weighted by molar-refractivity contribution is 0.440. The second kappa shape index (κ2) is 4.77. The Bertz CT molecular complexity index is 538. The molecule has 2 rings (SSSR count). The Balaban J connectivity index is 2.30. The maximum atomic E-state index is 12.3. The molecule has 0 saturated heterocycles. The van der Waals surface area contributed by atoms with Gasteiger partial charge in [-0.25, -0.2) is 8.42 Å². The van der Waals surface area contributed by atoms with Gasteiger partial charge in [-0.2, -0.15) is 9.57 Å². The van der Waals surface area contributed by atoms with Crippen LogP contribution in [-0.2, 0) is 16.4 Å². The summed E-state index contributed by atoms with van der Waals surface area (Å²) in [5, 5.41) is 8.72. The molecule has 0 amide bonds. The Labute approximate surface area is 106 Å². The lowest BCUT2D eigenvalue weighted by Gasteiger charge is -2.17. The maximum absolute atomic E-state index is 12.3. The van der Waals surface area contributed by atoms with Crippen molar-refractivity contribution < 1.29 is 8.42 Å². The minimum absolute atomic E-state index is 0.0341. The van der Waals surface area contributed by atoms with Gasteiger partial charge in [0.25, 0.3) is 10.0 Å². The van der Waals surface area contributed by atoms with Crippen LogP contribution in [0.2, 0.25) is 0 Å². The van der Waals surface area contributed by atoms with E-state index in [1.165, 1.54) is 15.6 Å². The van der Waals surface area contributed by atoms with Gasteiger partial charge in [0.05, 0.1) is 6.07 Å². The molecule has 1 saturated carbocycles. The van der Waals surface area contributed by atoms with Crippen molar-refractivity contribution in [3.05, 3.63) is 17.0 Å². The molecule has 0 radical (unpaired) electrons. The van der Waals surface area contributed by atoms with Gasteiger partial charge in [0.2, 0.25) is 0 Å². The van der Waals surface area contributed by atoms with Crippen molar-refractivity contribution in [3.8, 4) is 6.07 Å². The summed E-state index contributed by atoms with van der Waals surface area (Å²) in [6.07, 6.45) is 2.57. The lowest BCUT2D eigenvalue weighted by Crippen LogP contribution is -2.32. The van der Waals surface area contributed by atoms with E-state index in [-0.39, 0.29) is 12.6 Å². The normalized spacial score (nSPS) is 16.1. The number of nitriles is 1. The van der Waals surface area contributed by atoms with Crippen LogP contribution in [0.25, 0.3) is 0 Å². The fraction of sp³-hybridized carbons (Fsp3) is 0.545. The molecule has 1 aromatic heterocycles. The zero-order valence-corrected chi connectivity index (χ0v) is 11.2. The summed E-state index contributed by atoms with van der Waals surface area (Å²) in [5.41, 5.74) is 0. The highest BCUT2D eigenvalue weighted by molar-refractivity contribution is 7.91. The molecule has 0 atom stereocenters. The molecular weight excluding hydrogens is 256 g/mol. The predicted octanol–water partition coefficient (Wildman–Crippen LogP) is 1.99. The Morgan fingerprint density at radius 3 is 2.71 bits per heavy atom. The van der Waals surface area contributed by atoms with Crippen molar-refractivity contribution in [2.24, 2.45) is 0 Å². The van der Waals surface area contributed by atoms with Crippen molar-refractivity contribution in [2.75, 3.05) is 6.54 Å². The van der Waals surface area contributed by atoms with E-state index in [0.717, 1.165) is 24.1 Å². The zero-order valence-electron chi connectivity index (χ0n) is 9.59. The summed E-state index contributed by atoms with van der Waals surface area (Å²) in [4.78, 5) is 1.05. The minimum Gasteiger partial charge on any atom is -0.206 e. The topological polar surface area (TPSA) is 61.2 Å². The molecule has 1 heterocycles. The highest BCUT2D eigenvalue weighted by atomic mass is 32.2. The van der Waals surface area contributed by atoms with Crippen molar-refractivity contribution in [1.29, 1.82) is 5.26 Å². The van der Waals surface area contributed by atoms with Crippen LogP contribution < -0.4 is 0 Å². The van der Waals surface area contributed by atoms with E-state index in [0.29, 0.717) is 4.21 Å². The smallest absolute Gasteiger partial charge is 0.206 e. The highest BCUT2D eigenvalue weighted by Crippen LogP contribution is 2.33. The van der Waals surface area contributed by atoms with Crippen LogP contribution >= 0.6 is 11.3 Å². The summed E-state index contributed by atoms with van der Waals surface area (Å²) < 4.78 is 26.3. The number of sulfonamides is 1. The molecule has 4 nitrogen and oxygen atoms in total. The van der Waals surface area contributed by atoms with Crippen LogP contribution in [0.4, 0.5) is 0 Å². The molecule has 0 bridgehead atoms. The largest absolute Gasteiger partial charge is 0.253 e. The third kappa shape index (κ3) is 2.51. The van der Waals surface area contributed by atoms with Crippen LogP contribution in [0.5, 0.6) is 0 Å². The molecule has 0 N–H and O–H groups in total. The van der Waals surface area contributed by atoms with Crippen LogP contribution in [0.15, 0.2) is 16.3 Å². The molecule has 0 unspecified atom stereocenters. The molecule has 1 aliphatic carbocycles. The van der Waals surface area contributed by atoms with Crippen molar-refractivity contribution in [1.82, 2.24) is 4.31 Å². The van der Waals surface area contributed by atoms with Crippen LogP contribution in [0.1, 0.15) is 24.6 Å². The van der Waals surface area contributed by atoms with Crippen LogP contribution in [0.3, 0.4) is 0 Å². The van der Waals surface area contributed by atoms with E-state index >= 15 is 0 Å². The fourth-order valence-electron chi connectivity index (χ4n) is 1.65. The van der Waals surface area contributed by atoms with E-state index in [1.807, 2.05) is 19.1 Å². The highest BCUT2D eigenvalue weighted by Gasteiger charge is 2.38. The van der Waals surface area contributed by atoms with Crippen molar-refractivity contribution >= 4 is 21.4 Å². The zero-order chi connectivity index (χ0) is 12.5. The van der Waals surface area contributed by atoms with E-state index in [1.54, 1.807) is 6.07 Å². The second-order valence-corrected chi connectivity index (χ2v) is 7.30. The Hall–Kier alpha value is -0.900. The SMILES string of the molecule is CCc1ccc(S(=O)(=O)N(CC#N)C2CC2)s1. The van der Waals surface area contributed by atoms with E-state index < -0.39 is 10.0 Å². The molecule has 0 spiro atoms. The van der Waals surface area contributed by atoms with Gasteiger partial charge in [0.15, 0.2) is 0 Å². The van der Waals surface area contributed by atoms with E-state index in [4.69, 9.17) is 5.26 Å². The van der Waals surface area contributed by atoms with Gasteiger partial charge in [-0.1, -0.05) is 6.92 Å². The monoisotopic (exact) mass is 270 g/mol. The van der Waals surface area contributed by atoms with E-state index in [2.05, 4.69) is 0 Å². The average Bonchev–Trinajstić information content (AvgIpc) is 3.01. The fourth-order valence-corrected chi connectivity index (χ4v) is 4.65. The van der Waals surface area contributed by atoms with Gasteiger partial charge >= 0.3 is 0 Å². The first kappa shape index (κ1) is 12.6. The number of thiophene rings is 1. The van der Waals surface area contributed by atoms with Gasteiger partial charge < -0.3 is 0 Å². The molecule has 0 aromatic carbocycles. The summed E-state index contributed by atoms with van der Waals surface area (Å²) in [7, 11) is -3.46. The first-order chi connectivity index (χ1) is 8.09. The molecule has 1 aliphatic rings. The summed E-state index contributed by atoms with van der Waals surface area (Å²) in [6.45, 7) is 1.95. The van der Waals surface area contributed by atoms with E-state index in [9.17, 15) is 8.42 Å². The van der Waals surface area contributed by atoms with Gasteiger partial charge in [-0.15, -0.1) is 11.3 Å². The summed E-state index contributed by atoms with van der Waals surface area (Å²) >= 11 is 1.30. The van der Waals surface area contributed by atoms with Crippen LogP contribution in [0, 0.1) is 11.3 Å². The van der Waals surface area contributed by atoms with Gasteiger partial charge in [-0.05, 0) is 31.4 Å². The third-order valence-electron chi connectivity index (χ3n) is 2.73. The molecule has 6 heteroatoms. The molecule has 1 aromatic rings. The first-order valence-electron chi connectivity index (χ1n) is 5.57. The van der Waals surface area contributed by atoms with Crippen molar-refractivity contribution in [3.63, 3.8) is 0 Å². The number of nitrogens with zero attached hydrogens (tertiary/aromatic N) is 2. The number of hydrogen-bond acceptors (Lipinski definition) is 4. The molecule has 1 fully saturated rings. The lowest BCUT2D eigenvalue weighted by atomic mass is 10.4. The molecular formula is C11H14N2O2S2. The molecule has 92 valence electrons. The first-order valence-corrected chi connectivity index (χ1v) is 7.82. The Morgan fingerprint density at radius 2 is 2.24 bits per heavy atom. The van der Waals surface area contributed by atoms with Crippen LogP contribution in [-0.4, -0.2) is 25.3 Å².